The van der Waals surface area contributed by atoms with E-state index in [2.05, 4.69) is 56.3 Å². The maximum atomic E-state index is 2.28. The first kappa shape index (κ1) is 9.32. The molecule has 0 aliphatic heterocycles. The van der Waals surface area contributed by atoms with E-state index >= 15 is 0 Å². The van der Waals surface area contributed by atoms with Crippen molar-refractivity contribution in [2.45, 2.75) is 13.3 Å². The summed E-state index contributed by atoms with van der Waals surface area (Å²) in [6.45, 7) is 2.20. The molecule has 14 heavy (non-hydrogen) atoms. The summed E-state index contributed by atoms with van der Waals surface area (Å²) < 4.78 is 0. The predicted octanol–water partition coefficient (Wildman–Crippen LogP) is 2.89. The topological polar surface area (TPSA) is 3.24 Å². The van der Waals surface area contributed by atoms with Crippen LogP contribution in [0.4, 0.5) is 0 Å². The van der Waals surface area contributed by atoms with Crippen LogP contribution in [0.1, 0.15) is 13.3 Å². The summed E-state index contributed by atoms with van der Waals surface area (Å²) >= 11 is 0. The lowest BCUT2D eigenvalue weighted by Gasteiger charge is -2.31. The fourth-order valence-corrected chi connectivity index (χ4v) is 2.23. The summed E-state index contributed by atoms with van der Waals surface area (Å²) in [4.78, 5) is 2.22. The van der Waals surface area contributed by atoms with Crippen LogP contribution in [-0.4, -0.2) is 19.0 Å². The van der Waals surface area contributed by atoms with Crippen molar-refractivity contribution in [3.8, 4) is 0 Å². The number of allylic oxidation sites excluding steroid dienone is 7. The molecule has 2 rings (SSSR count). The van der Waals surface area contributed by atoms with E-state index in [-0.39, 0.29) is 0 Å². The maximum Gasteiger partial charge on any atom is 0.0276 e. The Balaban J connectivity index is 2.40. The van der Waals surface area contributed by atoms with Crippen LogP contribution in [0.15, 0.2) is 47.2 Å². The van der Waals surface area contributed by atoms with Gasteiger partial charge in [0.2, 0.25) is 0 Å². The summed E-state index contributed by atoms with van der Waals surface area (Å²) in [5, 5.41) is 0. The highest BCUT2D eigenvalue weighted by Gasteiger charge is 2.23. The highest BCUT2D eigenvalue weighted by atomic mass is 15.1. The molecule has 0 aromatic rings. The van der Waals surface area contributed by atoms with E-state index in [1.54, 1.807) is 0 Å². The van der Waals surface area contributed by atoms with Crippen molar-refractivity contribution in [2.24, 2.45) is 5.92 Å². The van der Waals surface area contributed by atoms with Gasteiger partial charge in [-0.2, -0.15) is 0 Å². The van der Waals surface area contributed by atoms with Crippen LogP contribution in [0, 0.1) is 5.92 Å². The van der Waals surface area contributed by atoms with E-state index in [9.17, 15) is 0 Å². The van der Waals surface area contributed by atoms with Crippen LogP contribution < -0.4 is 0 Å². The minimum Gasteiger partial charge on any atom is -0.380 e. The fraction of sp³-hybridized carbons (Fsp3) is 0.385. The second kappa shape index (κ2) is 3.49. The zero-order chi connectivity index (χ0) is 10.1. The molecule has 0 spiro atoms. The molecular weight excluding hydrogens is 170 g/mol. The van der Waals surface area contributed by atoms with Gasteiger partial charge in [0.25, 0.3) is 0 Å². The normalized spacial score (nSPS) is 24.8. The first-order chi connectivity index (χ1) is 6.70. The van der Waals surface area contributed by atoms with Crippen LogP contribution in [0.25, 0.3) is 0 Å². The molecule has 1 nitrogen and oxygen atoms in total. The molecule has 1 unspecified atom stereocenters. The van der Waals surface area contributed by atoms with Crippen LogP contribution in [-0.2, 0) is 0 Å². The quantitative estimate of drug-likeness (QED) is 0.610. The Morgan fingerprint density at radius 2 is 2.07 bits per heavy atom. The molecule has 0 radical (unpaired) electrons. The standard InChI is InChI=1S/C13H17N/c1-10-6-4-8-12-11(10)7-5-9-13(12)14(2)3/h4-7,9,12H,8H2,1-3H3. The van der Waals surface area contributed by atoms with Gasteiger partial charge in [-0.15, -0.1) is 0 Å². The van der Waals surface area contributed by atoms with Gasteiger partial charge in [0.05, 0.1) is 0 Å². The Hall–Kier alpha value is -1.24. The molecule has 0 heterocycles. The van der Waals surface area contributed by atoms with Crippen molar-refractivity contribution >= 4 is 0 Å². The molecule has 0 amide bonds. The average Bonchev–Trinajstić information content (AvgIpc) is 2.17. The van der Waals surface area contributed by atoms with E-state index in [1.165, 1.54) is 16.8 Å². The second-order valence-corrected chi connectivity index (χ2v) is 4.17. The molecule has 2 aliphatic rings. The second-order valence-electron chi connectivity index (χ2n) is 4.17. The molecule has 1 atom stereocenters. The zero-order valence-electron chi connectivity index (χ0n) is 9.12. The average molecular weight is 187 g/mol. The zero-order valence-corrected chi connectivity index (χ0v) is 9.12. The summed E-state index contributed by atoms with van der Waals surface area (Å²) in [5.74, 6) is 0.583. The van der Waals surface area contributed by atoms with Gasteiger partial charge in [0.15, 0.2) is 0 Å². The van der Waals surface area contributed by atoms with Crippen LogP contribution in [0.5, 0.6) is 0 Å². The Labute approximate surface area is 86.1 Å². The number of hydrogen-bond donors (Lipinski definition) is 0. The molecule has 0 N–H and O–H groups in total. The Bertz CT molecular complexity index is 353. The van der Waals surface area contributed by atoms with Crippen LogP contribution >= 0.6 is 0 Å². The van der Waals surface area contributed by atoms with Crippen LogP contribution in [0.2, 0.25) is 0 Å². The molecule has 1 heteroatoms. The van der Waals surface area contributed by atoms with Crippen molar-refractivity contribution in [1.82, 2.24) is 4.90 Å². The van der Waals surface area contributed by atoms with Gasteiger partial charge in [-0.3, -0.25) is 0 Å². The van der Waals surface area contributed by atoms with E-state index in [0.717, 1.165) is 6.42 Å². The molecule has 0 bridgehead atoms. The van der Waals surface area contributed by atoms with E-state index in [1.807, 2.05) is 0 Å². The minimum atomic E-state index is 0.583. The van der Waals surface area contributed by atoms with Gasteiger partial charge < -0.3 is 4.90 Å². The van der Waals surface area contributed by atoms with E-state index in [0.29, 0.717) is 5.92 Å². The minimum absolute atomic E-state index is 0.583. The Morgan fingerprint density at radius 1 is 1.29 bits per heavy atom. The Kier molecular flexibility index (Phi) is 2.32. The van der Waals surface area contributed by atoms with Crippen molar-refractivity contribution in [1.29, 1.82) is 0 Å². The number of nitrogens with zero attached hydrogens (tertiary/aromatic N) is 1. The summed E-state index contributed by atoms with van der Waals surface area (Å²) in [7, 11) is 4.24. The molecule has 0 saturated carbocycles. The third-order valence-corrected chi connectivity index (χ3v) is 2.99. The first-order valence-corrected chi connectivity index (χ1v) is 5.13. The lowest BCUT2D eigenvalue weighted by Crippen LogP contribution is -2.23. The molecule has 74 valence electrons. The van der Waals surface area contributed by atoms with Gasteiger partial charge in [0, 0.05) is 25.7 Å². The molecule has 0 aromatic heterocycles. The predicted molar refractivity (Wildman–Crippen MR) is 60.9 cm³/mol. The summed E-state index contributed by atoms with van der Waals surface area (Å²) in [6.07, 6.45) is 12.3. The van der Waals surface area contributed by atoms with Gasteiger partial charge in [-0.25, -0.2) is 0 Å². The number of rotatable bonds is 1. The van der Waals surface area contributed by atoms with Crippen molar-refractivity contribution in [3.63, 3.8) is 0 Å². The molecule has 0 saturated heterocycles. The highest BCUT2D eigenvalue weighted by molar-refractivity contribution is 5.45. The van der Waals surface area contributed by atoms with Crippen molar-refractivity contribution in [2.75, 3.05) is 14.1 Å². The largest absolute Gasteiger partial charge is 0.380 e. The fourth-order valence-electron chi connectivity index (χ4n) is 2.23. The number of fused-ring (bicyclic) bond motifs is 1. The van der Waals surface area contributed by atoms with Gasteiger partial charge in [-0.05, 0) is 30.6 Å². The molecule has 2 aliphatic carbocycles. The maximum absolute atomic E-state index is 2.28. The lowest BCUT2D eigenvalue weighted by atomic mass is 9.82. The van der Waals surface area contributed by atoms with Gasteiger partial charge in [0.1, 0.15) is 0 Å². The summed E-state index contributed by atoms with van der Waals surface area (Å²) in [5.41, 5.74) is 4.31. The Morgan fingerprint density at radius 3 is 2.79 bits per heavy atom. The third-order valence-electron chi connectivity index (χ3n) is 2.99. The van der Waals surface area contributed by atoms with Gasteiger partial charge >= 0.3 is 0 Å². The van der Waals surface area contributed by atoms with Gasteiger partial charge in [-0.1, -0.05) is 24.3 Å². The van der Waals surface area contributed by atoms with E-state index < -0.39 is 0 Å². The van der Waals surface area contributed by atoms with E-state index in [4.69, 9.17) is 0 Å². The van der Waals surface area contributed by atoms with Crippen LogP contribution in [0.3, 0.4) is 0 Å². The molecular formula is C13H17N. The van der Waals surface area contributed by atoms with Crippen molar-refractivity contribution in [3.05, 3.63) is 47.2 Å². The lowest BCUT2D eigenvalue weighted by molar-refractivity contribution is 0.441. The highest BCUT2D eigenvalue weighted by Crippen LogP contribution is 2.35. The number of hydrogen-bond acceptors (Lipinski definition) is 1. The summed E-state index contributed by atoms with van der Waals surface area (Å²) in [6, 6.07) is 0. The monoisotopic (exact) mass is 187 g/mol. The molecule has 0 fully saturated rings. The third kappa shape index (κ3) is 1.43. The first-order valence-electron chi connectivity index (χ1n) is 5.13. The smallest absolute Gasteiger partial charge is 0.0276 e. The molecule has 0 aromatic carbocycles. The SMILES string of the molecule is CC1=C2C=CC=C(N(C)C)C2CC=C1. The van der Waals surface area contributed by atoms with Crippen molar-refractivity contribution < 1.29 is 0 Å².